The van der Waals surface area contributed by atoms with Gasteiger partial charge in [0, 0.05) is 24.0 Å². The van der Waals surface area contributed by atoms with Gasteiger partial charge in [0.15, 0.2) is 0 Å². The van der Waals surface area contributed by atoms with Crippen LogP contribution in [0.2, 0.25) is 0 Å². The van der Waals surface area contributed by atoms with E-state index in [1.807, 2.05) is 6.92 Å². The minimum absolute atomic E-state index is 0.231. The third-order valence-electron chi connectivity index (χ3n) is 4.54. The molecule has 112 valence electrons. The van der Waals surface area contributed by atoms with Gasteiger partial charge in [-0.1, -0.05) is 19.3 Å². The van der Waals surface area contributed by atoms with E-state index in [9.17, 15) is 5.11 Å². The zero-order valence-corrected chi connectivity index (χ0v) is 13.3. The van der Waals surface area contributed by atoms with E-state index in [-0.39, 0.29) is 6.04 Å². The normalized spacial score (nSPS) is 19.9. The molecule has 0 aliphatic heterocycles. The molecule has 1 unspecified atom stereocenters. The van der Waals surface area contributed by atoms with Crippen LogP contribution in [0.5, 0.6) is 0 Å². The Hall–Kier alpha value is -0.930. The predicted molar refractivity (Wildman–Crippen MR) is 82.9 cm³/mol. The molecule has 1 atom stereocenters. The first-order valence-corrected chi connectivity index (χ1v) is 7.82. The second-order valence-electron chi connectivity index (χ2n) is 6.47. The maximum absolute atomic E-state index is 10.6. The highest BCUT2D eigenvalue weighted by atomic mass is 16.3. The van der Waals surface area contributed by atoms with Gasteiger partial charge in [-0.15, -0.1) is 0 Å². The molecule has 1 saturated carbocycles. The third-order valence-corrected chi connectivity index (χ3v) is 4.54. The molecule has 0 spiro atoms. The van der Waals surface area contributed by atoms with Gasteiger partial charge in [-0.25, -0.2) is 0 Å². The average molecular weight is 276 g/mol. The van der Waals surface area contributed by atoms with Crippen LogP contribution in [0.4, 0.5) is 0 Å². The van der Waals surface area contributed by atoms with Gasteiger partial charge >= 0.3 is 0 Å². The highest BCUT2D eigenvalue weighted by molar-refractivity contribution is 5.33. The molecular formula is C17H28N2O. The summed E-state index contributed by atoms with van der Waals surface area (Å²) in [7, 11) is 0. The summed E-state index contributed by atoms with van der Waals surface area (Å²) >= 11 is 0. The number of hydrogen-bond donors (Lipinski definition) is 2. The van der Waals surface area contributed by atoms with Gasteiger partial charge in [0.25, 0.3) is 0 Å². The minimum atomic E-state index is -0.507. The second kappa shape index (κ2) is 6.23. The van der Waals surface area contributed by atoms with E-state index in [0.29, 0.717) is 6.54 Å². The number of rotatable bonds is 4. The number of aromatic nitrogens is 1. The van der Waals surface area contributed by atoms with E-state index in [2.05, 4.69) is 37.1 Å². The molecule has 0 aromatic carbocycles. The summed E-state index contributed by atoms with van der Waals surface area (Å²) in [4.78, 5) is 4.57. The number of aryl methyl sites for hydroxylation is 3. The molecule has 2 rings (SSSR count). The van der Waals surface area contributed by atoms with E-state index in [4.69, 9.17) is 0 Å². The van der Waals surface area contributed by atoms with Crippen LogP contribution < -0.4 is 5.32 Å². The summed E-state index contributed by atoms with van der Waals surface area (Å²) in [6.45, 7) is 9.10. The van der Waals surface area contributed by atoms with Crippen molar-refractivity contribution in [2.75, 3.05) is 6.54 Å². The van der Waals surface area contributed by atoms with Gasteiger partial charge in [-0.2, -0.15) is 0 Å². The van der Waals surface area contributed by atoms with Crippen molar-refractivity contribution in [1.29, 1.82) is 0 Å². The van der Waals surface area contributed by atoms with Crippen molar-refractivity contribution in [3.05, 3.63) is 28.6 Å². The zero-order valence-electron chi connectivity index (χ0n) is 13.3. The first kappa shape index (κ1) is 15.5. The van der Waals surface area contributed by atoms with E-state index in [1.165, 1.54) is 17.5 Å². The summed E-state index contributed by atoms with van der Waals surface area (Å²) in [5.41, 5.74) is 4.22. The van der Waals surface area contributed by atoms with Crippen LogP contribution in [0.15, 0.2) is 6.07 Å². The fourth-order valence-electron chi connectivity index (χ4n) is 3.52. The van der Waals surface area contributed by atoms with Gasteiger partial charge in [-0.3, -0.25) is 4.98 Å². The van der Waals surface area contributed by atoms with Gasteiger partial charge in [0.05, 0.1) is 5.60 Å². The Kier molecular flexibility index (Phi) is 4.82. The Morgan fingerprint density at radius 2 is 1.90 bits per heavy atom. The molecular weight excluding hydrogens is 248 g/mol. The monoisotopic (exact) mass is 276 g/mol. The van der Waals surface area contributed by atoms with Crippen molar-refractivity contribution in [3.63, 3.8) is 0 Å². The minimum Gasteiger partial charge on any atom is -0.389 e. The van der Waals surface area contributed by atoms with Crippen molar-refractivity contribution in [2.24, 2.45) is 0 Å². The Balaban J connectivity index is 2.03. The fraction of sp³-hybridized carbons (Fsp3) is 0.706. The Bertz CT molecular complexity index is 441. The summed E-state index contributed by atoms with van der Waals surface area (Å²) in [5, 5.41) is 14.1. The standard InChI is InChI=1S/C17H28N2O/c1-12-10-13(2)19-15(4)16(12)14(3)18-11-17(20)8-6-5-7-9-17/h10,14,18,20H,5-9,11H2,1-4H3. The molecule has 20 heavy (non-hydrogen) atoms. The Morgan fingerprint density at radius 1 is 1.25 bits per heavy atom. The van der Waals surface area contributed by atoms with Crippen LogP contribution in [0.1, 0.15) is 67.6 Å². The summed E-state index contributed by atoms with van der Waals surface area (Å²) in [5.74, 6) is 0. The Morgan fingerprint density at radius 3 is 2.50 bits per heavy atom. The quantitative estimate of drug-likeness (QED) is 0.886. The molecule has 0 amide bonds. The summed E-state index contributed by atoms with van der Waals surface area (Å²) < 4.78 is 0. The average Bonchev–Trinajstić information content (AvgIpc) is 2.36. The molecule has 1 aromatic heterocycles. The van der Waals surface area contributed by atoms with Gasteiger partial charge in [0.2, 0.25) is 0 Å². The van der Waals surface area contributed by atoms with E-state index in [0.717, 1.165) is 37.1 Å². The molecule has 1 heterocycles. The lowest BCUT2D eigenvalue weighted by Crippen LogP contribution is -2.43. The van der Waals surface area contributed by atoms with Gasteiger partial charge < -0.3 is 10.4 Å². The van der Waals surface area contributed by atoms with Crippen LogP contribution in [0.25, 0.3) is 0 Å². The molecule has 3 heteroatoms. The third kappa shape index (κ3) is 3.58. The van der Waals surface area contributed by atoms with Crippen LogP contribution in [0, 0.1) is 20.8 Å². The van der Waals surface area contributed by atoms with Gasteiger partial charge in [0.1, 0.15) is 0 Å². The first-order chi connectivity index (χ1) is 9.41. The SMILES string of the molecule is Cc1cc(C)c(C(C)NCC2(O)CCCCC2)c(C)n1. The van der Waals surface area contributed by atoms with Crippen LogP contribution in [-0.2, 0) is 0 Å². The summed E-state index contributed by atoms with van der Waals surface area (Å²) in [6, 6.07) is 2.37. The van der Waals surface area contributed by atoms with Crippen LogP contribution >= 0.6 is 0 Å². The molecule has 2 N–H and O–H groups in total. The van der Waals surface area contributed by atoms with Crippen molar-refractivity contribution >= 4 is 0 Å². The molecule has 1 fully saturated rings. The van der Waals surface area contributed by atoms with Crippen molar-refractivity contribution in [3.8, 4) is 0 Å². The zero-order chi connectivity index (χ0) is 14.8. The topological polar surface area (TPSA) is 45.1 Å². The van der Waals surface area contributed by atoms with Crippen LogP contribution in [0.3, 0.4) is 0 Å². The number of pyridine rings is 1. The molecule has 3 nitrogen and oxygen atoms in total. The maximum Gasteiger partial charge on any atom is 0.0771 e. The van der Waals surface area contributed by atoms with E-state index in [1.54, 1.807) is 0 Å². The van der Waals surface area contributed by atoms with Crippen molar-refractivity contribution < 1.29 is 5.11 Å². The Labute approximate surface area is 122 Å². The number of nitrogens with one attached hydrogen (secondary N) is 1. The highest BCUT2D eigenvalue weighted by Gasteiger charge is 2.29. The maximum atomic E-state index is 10.6. The molecule has 0 saturated heterocycles. The predicted octanol–water partition coefficient (Wildman–Crippen LogP) is 3.35. The van der Waals surface area contributed by atoms with E-state index >= 15 is 0 Å². The number of aliphatic hydroxyl groups is 1. The molecule has 1 aromatic rings. The van der Waals surface area contributed by atoms with Gasteiger partial charge in [-0.05, 0) is 57.7 Å². The fourth-order valence-corrected chi connectivity index (χ4v) is 3.52. The lowest BCUT2D eigenvalue weighted by atomic mass is 9.84. The largest absolute Gasteiger partial charge is 0.389 e. The lowest BCUT2D eigenvalue weighted by molar-refractivity contribution is 0.00296. The molecule has 1 aliphatic carbocycles. The molecule has 1 aliphatic rings. The first-order valence-electron chi connectivity index (χ1n) is 7.82. The molecule has 0 bridgehead atoms. The number of nitrogens with zero attached hydrogens (tertiary/aromatic N) is 1. The number of hydrogen-bond acceptors (Lipinski definition) is 3. The van der Waals surface area contributed by atoms with Crippen molar-refractivity contribution in [2.45, 2.75) is 71.4 Å². The molecule has 0 radical (unpaired) electrons. The smallest absolute Gasteiger partial charge is 0.0771 e. The lowest BCUT2D eigenvalue weighted by Gasteiger charge is -2.33. The second-order valence-corrected chi connectivity index (χ2v) is 6.47. The van der Waals surface area contributed by atoms with Crippen LogP contribution in [-0.4, -0.2) is 22.2 Å². The highest BCUT2D eigenvalue weighted by Crippen LogP contribution is 2.28. The summed E-state index contributed by atoms with van der Waals surface area (Å²) in [6.07, 6.45) is 5.42. The van der Waals surface area contributed by atoms with Crippen molar-refractivity contribution in [1.82, 2.24) is 10.3 Å². The van der Waals surface area contributed by atoms with E-state index < -0.39 is 5.60 Å².